The largest absolute Gasteiger partial charge is 0.497 e. The Hall–Kier alpha value is -3.06. The lowest BCUT2D eigenvalue weighted by molar-refractivity contribution is -0.143. The number of para-hydroxylation sites is 2. The van der Waals surface area contributed by atoms with Gasteiger partial charge in [-0.1, -0.05) is 24.3 Å². The number of carbonyl (C=O) groups excluding carboxylic acids is 1. The number of hydrogen-bond donors (Lipinski definition) is 1. The van der Waals surface area contributed by atoms with E-state index in [-0.39, 0.29) is 5.91 Å². The zero-order chi connectivity index (χ0) is 20.9. The predicted octanol–water partition coefficient (Wildman–Crippen LogP) is 3.22. The van der Waals surface area contributed by atoms with Crippen LogP contribution in [0.15, 0.2) is 48.5 Å². The van der Waals surface area contributed by atoms with Crippen molar-refractivity contribution < 1.29 is 14.3 Å². The molecule has 3 aromatic rings. The van der Waals surface area contributed by atoms with Gasteiger partial charge >= 0.3 is 0 Å². The van der Waals surface area contributed by atoms with Crippen LogP contribution in [0, 0.1) is 0 Å². The number of imidazole rings is 1. The first kappa shape index (κ1) is 20.2. The van der Waals surface area contributed by atoms with E-state index in [2.05, 4.69) is 9.88 Å². The van der Waals surface area contributed by atoms with Gasteiger partial charge in [0, 0.05) is 26.2 Å². The van der Waals surface area contributed by atoms with Gasteiger partial charge in [0.05, 0.1) is 24.8 Å². The van der Waals surface area contributed by atoms with E-state index in [0.29, 0.717) is 13.2 Å². The Morgan fingerprint density at radius 2 is 2.00 bits per heavy atom. The highest BCUT2D eigenvalue weighted by Crippen LogP contribution is 2.19. The van der Waals surface area contributed by atoms with E-state index in [9.17, 15) is 4.79 Å². The quantitative estimate of drug-likeness (QED) is 0.678. The van der Waals surface area contributed by atoms with Crippen LogP contribution in [0.5, 0.6) is 5.75 Å². The van der Waals surface area contributed by atoms with Gasteiger partial charge < -0.3 is 24.3 Å². The van der Waals surface area contributed by atoms with Gasteiger partial charge in [0.2, 0.25) is 5.95 Å². The molecule has 2 heterocycles. The number of nitrogens with one attached hydrogen (secondary N) is 1. The van der Waals surface area contributed by atoms with Gasteiger partial charge in [0.1, 0.15) is 11.9 Å². The van der Waals surface area contributed by atoms with Crippen molar-refractivity contribution in [2.24, 2.45) is 0 Å². The van der Waals surface area contributed by atoms with Crippen LogP contribution in [0.2, 0.25) is 0 Å². The first-order valence-electron chi connectivity index (χ1n) is 10.4. The molecule has 1 fully saturated rings. The fourth-order valence-electron chi connectivity index (χ4n) is 3.75. The van der Waals surface area contributed by atoms with Gasteiger partial charge in [0.25, 0.3) is 5.91 Å². The monoisotopic (exact) mass is 408 g/mol. The Labute approximate surface area is 176 Å². The summed E-state index contributed by atoms with van der Waals surface area (Å²) in [7, 11) is 1.64. The predicted molar refractivity (Wildman–Crippen MR) is 117 cm³/mol. The van der Waals surface area contributed by atoms with Crippen LogP contribution in [0.3, 0.4) is 0 Å². The lowest BCUT2D eigenvalue weighted by atomic mass is 10.2. The van der Waals surface area contributed by atoms with E-state index in [1.807, 2.05) is 60.4 Å². The minimum atomic E-state index is -0.492. The van der Waals surface area contributed by atoms with E-state index in [0.717, 1.165) is 54.3 Å². The van der Waals surface area contributed by atoms with Crippen LogP contribution in [0.25, 0.3) is 11.0 Å². The van der Waals surface area contributed by atoms with Gasteiger partial charge in [-0.15, -0.1) is 0 Å². The highest BCUT2D eigenvalue weighted by atomic mass is 16.5. The molecule has 1 saturated heterocycles. The molecule has 1 N–H and O–H groups in total. The van der Waals surface area contributed by atoms with Crippen LogP contribution in [-0.2, 0) is 16.1 Å². The second-order valence-corrected chi connectivity index (χ2v) is 7.55. The molecule has 0 spiro atoms. The lowest BCUT2D eigenvalue weighted by Gasteiger charge is -2.24. The molecule has 1 aliphatic heterocycles. The summed E-state index contributed by atoms with van der Waals surface area (Å²) in [6.45, 7) is 5.19. The highest BCUT2D eigenvalue weighted by Gasteiger charge is 2.25. The molecule has 1 aromatic heterocycles. The summed E-state index contributed by atoms with van der Waals surface area (Å²) in [6.07, 6.45) is 0.403. The summed E-state index contributed by atoms with van der Waals surface area (Å²) in [5, 5.41) is 0. The smallest absolute Gasteiger partial charge is 0.251 e. The summed E-state index contributed by atoms with van der Waals surface area (Å²) < 4.78 is 11.1. The molecule has 158 valence electrons. The van der Waals surface area contributed by atoms with Crippen molar-refractivity contribution >= 4 is 22.9 Å². The fraction of sp³-hybridized carbons (Fsp3) is 0.391. The molecule has 7 heteroatoms. The number of methoxy groups -OCH3 is 1. The Kier molecular flexibility index (Phi) is 6.18. The highest BCUT2D eigenvalue weighted by molar-refractivity contribution is 5.81. The number of rotatable bonds is 6. The Bertz CT molecular complexity index is 970. The topological polar surface area (TPSA) is 70.7 Å². The van der Waals surface area contributed by atoms with Crippen LogP contribution < -0.4 is 9.64 Å². The van der Waals surface area contributed by atoms with E-state index in [1.165, 1.54) is 0 Å². The third-order valence-corrected chi connectivity index (χ3v) is 5.47. The SMILES string of the molecule is COc1cccc(COC(C)C(=O)N2CCCN(c3nc4ccccc4[nH]3)CC2)c1. The average Bonchev–Trinajstić information content (AvgIpc) is 3.06. The third kappa shape index (κ3) is 4.57. The van der Waals surface area contributed by atoms with Crippen molar-refractivity contribution in [3.63, 3.8) is 0 Å². The number of hydrogen-bond acceptors (Lipinski definition) is 5. The molecule has 1 atom stereocenters. The average molecular weight is 409 g/mol. The molecule has 0 aliphatic carbocycles. The first-order valence-corrected chi connectivity index (χ1v) is 10.4. The molecule has 4 rings (SSSR count). The molecule has 7 nitrogen and oxygen atoms in total. The number of ether oxygens (including phenoxy) is 2. The second-order valence-electron chi connectivity index (χ2n) is 7.55. The second kappa shape index (κ2) is 9.17. The molecular weight excluding hydrogens is 380 g/mol. The number of aromatic amines is 1. The van der Waals surface area contributed by atoms with Gasteiger partial charge in [-0.25, -0.2) is 4.98 Å². The number of aromatic nitrogens is 2. The zero-order valence-electron chi connectivity index (χ0n) is 17.5. The normalized spacial score (nSPS) is 15.8. The van der Waals surface area contributed by atoms with Crippen molar-refractivity contribution in [2.45, 2.75) is 26.1 Å². The maximum absolute atomic E-state index is 12.9. The van der Waals surface area contributed by atoms with Gasteiger partial charge in [-0.2, -0.15) is 0 Å². The maximum atomic E-state index is 12.9. The molecule has 0 radical (unpaired) electrons. The molecule has 30 heavy (non-hydrogen) atoms. The lowest BCUT2D eigenvalue weighted by Crippen LogP contribution is -2.41. The van der Waals surface area contributed by atoms with Crippen LogP contribution in [-0.4, -0.2) is 60.2 Å². The fourth-order valence-corrected chi connectivity index (χ4v) is 3.75. The molecular formula is C23H28N4O3. The molecule has 1 amide bonds. The molecule has 1 aliphatic rings. The first-order chi connectivity index (χ1) is 14.6. The number of fused-ring (bicyclic) bond motifs is 1. The summed E-state index contributed by atoms with van der Waals surface area (Å²) >= 11 is 0. The van der Waals surface area contributed by atoms with E-state index >= 15 is 0 Å². The molecule has 0 bridgehead atoms. The maximum Gasteiger partial charge on any atom is 0.251 e. The Morgan fingerprint density at radius 1 is 1.13 bits per heavy atom. The van der Waals surface area contributed by atoms with Gasteiger partial charge in [-0.05, 0) is 43.2 Å². The van der Waals surface area contributed by atoms with Crippen LogP contribution in [0.4, 0.5) is 5.95 Å². The number of benzene rings is 2. The van der Waals surface area contributed by atoms with Gasteiger partial charge in [-0.3, -0.25) is 4.79 Å². The van der Waals surface area contributed by atoms with Crippen molar-refractivity contribution in [3.8, 4) is 5.75 Å². The number of anilines is 1. The van der Waals surface area contributed by atoms with Crippen LogP contribution in [0.1, 0.15) is 18.9 Å². The Balaban J connectivity index is 1.33. The van der Waals surface area contributed by atoms with Crippen molar-refractivity contribution in [3.05, 3.63) is 54.1 Å². The zero-order valence-corrected chi connectivity index (χ0v) is 17.5. The van der Waals surface area contributed by atoms with Crippen molar-refractivity contribution in [1.29, 1.82) is 0 Å². The minimum absolute atomic E-state index is 0.0318. The van der Waals surface area contributed by atoms with Crippen LogP contribution >= 0.6 is 0 Å². The van der Waals surface area contributed by atoms with E-state index in [4.69, 9.17) is 14.5 Å². The summed E-state index contributed by atoms with van der Waals surface area (Å²) in [4.78, 5) is 25.1. The number of H-pyrrole nitrogens is 1. The van der Waals surface area contributed by atoms with Crippen molar-refractivity contribution in [1.82, 2.24) is 14.9 Å². The molecule has 2 aromatic carbocycles. The van der Waals surface area contributed by atoms with Gasteiger partial charge in [0.15, 0.2) is 0 Å². The standard InChI is InChI=1S/C23H28N4O3/c1-17(30-16-18-7-5-8-19(15-18)29-2)22(28)26-11-6-12-27(14-13-26)23-24-20-9-3-4-10-21(20)25-23/h3-5,7-10,15,17H,6,11-14,16H2,1-2H3,(H,24,25). The summed E-state index contributed by atoms with van der Waals surface area (Å²) in [5.74, 6) is 1.69. The van der Waals surface area contributed by atoms with E-state index in [1.54, 1.807) is 7.11 Å². The number of amides is 1. The van der Waals surface area contributed by atoms with E-state index < -0.39 is 6.10 Å². The summed E-state index contributed by atoms with van der Waals surface area (Å²) in [5.41, 5.74) is 2.98. The molecule has 0 saturated carbocycles. The Morgan fingerprint density at radius 3 is 2.83 bits per heavy atom. The number of nitrogens with zero attached hydrogens (tertiary/aromatic N) is 3. The minimum Gasteiger partial charge on any atom is -0.497 e. The van der Waals surface area contributed by atoms with Crippen molar-refractivity contribution in [2.75, 3.05) is 38.2 Å². The third-order valence-electron chi connectivity index (χ3n) is 5.47. The number of carbonyl (C=O) groups is 1. The molecule has 1 unspecified atom stereocenters. The summed E-state index contributed by atoms with van der Waals surface area (Å²) in [6, 6.07) is 15.7.